The third-order valence-corrected chi connectivity index (χ3v) is 6.25. The molecule has 2 aromatic carbocycles. The van der Waals surface area contributed by atoms with Gasteiger partial charge in [-0.1, -0.05) is 15.9 Å². The summed E-state index contributed by atoms with van der Waals surface area (Å²) < 4.78 is 50.8. The van der Waals surface area contributed by atoms with Crippen molar-refractivity contribution in [3.63, 3.8) is 0 Å². The van der Waals surface area contributed by atoms with Crippen molar-refractivity contribution in [1.82, 2.24) is 9.88 Å². The Morgan fingerprint density at radius 1 is 1.19 bits per heavy atom. The summed E-state index contributed by atoms with van der Waals surface area (Å²) in [5.41, 5.74) is 8.84. The Bertz CT molecular complexity index is 1230. The van der Waals surface area contributed by atoms with Crippen molar-refractivity contribution in [3.05, 3.63) is 57.7 Å². The van der Waals surface area contributed by atoms with Gasteiger partial charge < -0.3 is 30.2 Å². The van der Waals surface area contributed by atoms with Crippen molar-refractivity contribution in [2.24, 2.45) is 5.73 Å². The molecule has 1 unspecified atom stereocenters. The summed E-state index contributed by atoms with van der Waals surface area (Å²) >= 11 is 3.29. The number of nitrogens with one attached hydrogen (secondary N) is 1. The van der Waals surface area contributed by atoms with Gasteiger partial charge in [-0.05, 0) is 68.7 Å². The molecule has 7 nitrogen and oxygen atoms in total. The first-order valence-corrected chi connectivity index (χ1v) is 12.7. The number of fused-ring (bicyclic) bond motifs is 1. The van der Waals surface area contributed by atoms with E-state index in [1.807, 2.05) is 30.5 Å². The normalized spacial score (nSPS) is 12.6. The van der Waals surface area contributed by atoms with Crippen molar-refractivity contribution in [2.75, 3.05) is 26.4 Å². The number of nitrogens with two attached hydrogens (primary N) is 1. The number of hydrogen-bond donors (Lipinski definition) is 3. The highest BCUT2D eigenvalue weighted by atomic mass is 79.9. The van der Waals surface area contributed by atoms with Crippen LogP contribution in [0.3, 0.4) is 0 Å². The fourth-order valence-corrected chi connectivity index (χ4v) is 4.54. The molecule has 0 spiro atoms. The third kappa shape index (κ3) is 8.11. The van der Waals surface area contributed by atoms with Gasteiger partial charge in [-0.3, -0.25) is 4.79 Å². The van der Waals surface area contributed by atoms with Gasteiger partial charge in [0.15, 0.2) is 18.1 Å². The van der Waals surface area contributed by atoms with E-state index in [0.29, 0.717) is 36.0 Å². The van der Waals surface area contributed by atoms with Crippen LogP contribution in [0.2, 0.25) is 0 Å². The molecule has 0 fully saturated rings. The second-order valence-corrected chi connectivity index (χ2v) is 9.78. The van der Waals surface area contributed by atoms with Crippen LogP contribution in [-0.2, 0) is 13.0 Å². The van der Waals surface area contributed by atoms with Gasteiger partial charge in [0.05, 0.1) is 11.1 Å². The second-order valence-electron chi connectivity index (χ2n) is 8.86. The molecule has 37 heavy (non-hydrogen) atoms. The Kier molecular flexibility index (Phi) is 9.86. The Balaban J connectivity index is 1.62. The van der Waals surface area contributed by atoms with Crippen LogP contribution in [0.25, 0.3) is 10.9 Å². The number of ether oxygens (including phenoxy) is 2. The lowest BCUT2D eigenvalue weighted by Gasteiger charge is -2.17. The average Bonchev–Trinajstić information content (AvgIpc) is 3.13. The Morgan fingerprint density at radius 2 is 1.95 bits per heavy atom. The van der Waals surface area contributed by atoms with Gasteiger partial charge >= 0.3 is 6.18 Å². The number of amides is 1. The Labute approximate surface area is 221 Å². The number of aliphatic hydroxyl groups excluding tert-OH is 1. The summed E-state index contributed by atoms with van der Waals surface area (Å²) in [6, 6.07) is 10.4. The first kappa shape index (κ1) is 28.8. The van der Waals surface area contributed by atoms with Crippen LogP contribution in [-0.4, -0.2) is 54.2 Å². The average molecular weight is 586 g/mol. The quantitative estimate of drug-likeness (QED) is 0.252. The summed E-state index contributed by atoms with van der Waals surface area (Å²) in [6.45, 7) is 3.83. The third-order valence-electron chi connectivity index (χ3n) is 5.76. The van der Waals surface area contributed by atoms with Crippen LogP contribution in [0.15, 0.2) is 40.9 Å². The van der Waals surface area contributed by atoms with Gasteiger partial charge in [-0.2, -0.15) is 13.2 Å². The van der Waals surface area contributed by atoms with E-state index in [9.17, 15) is 23.1 Å². The number of rotatable bonds is 13. The number of aromatic nitrogens is 1. The molecule has 3 aromatic rings. The van der Waals surface area contributed by atoms with E-state index in [-0.39, 0.29) is 30.8 Å². The lowest BCUT2D eigenvalue weighted by Crippen LogP contribution is -2.32. The van der Waals surface area contributed by atoms with Gasteiger partial charge in [-0.15, -0.1) is 0 Å². The van der Waals surface area contributed by atoms with Crippen LogP contribution in [0, 0.1) is 6.92 Å². The molecule has 4 N–H and O–H groups in total. The van der Waals surface area contributed by atoms with Crippen LogP contribution in [0.4, 0.5) is 13.2 Å². The molecular weight excluding hydrogens is 555 g/mol. The minimum Gasteiger partial charge on any atom is -0.488 e. The van der Waals surface area contributed by atoms with Gasteiger partial charge in [0, 0.05) is 41.3 Å². The molecule has 0 aliphatic carbocycles. The maximum absolute atomic E-state index is 12.5. The monoisotopic (exact) mass is 585 g/mol. The highest BCUT2D eigenvalue weighted by Gasteiger charge is 2.29. The van der Waals surface area contributed by atoms with Crippen molar-refractivity contribution >= 4 is 32.7 Å². The van der Waals surface area contributed by atoms with Crippen molar-refractivity contribution in [1.29, 1.82) is 0 Å². The smallest absolute Gasteiger partial charge is 0.422 e. The number of primary amides is 1. The molecule has 1 heterocycles. The molecule has 1 aromatic heterocycles. The summed E-state index contributed by atoms with van der Waals surface area (Å²) in [4.78, 5) is 12.2. The summed E-state index contributed by atoms with van der Waals surface area (Å²) in [5.74, 6) is -0.283. The molecular formula is C26H31BrF3N3O4. The number of hydrogen-bond acceptors (Lipinski definition) is 5. The van der Waals surface area contributed by atoms with Crippen molar-refractivity contribution < 1.29 is 32.5 Å². The minimum absolute atomic E-state index is 0.0158. The number of alkyl halides is 3. The first-order chi connectivity index (χ1) is 17.5. The number of nitrogens with zero attached hydrogens (tertiary/aromatic N) is 1. The number of halogens is 4. The zero-order valence-electron chi connectivity index (χ0n) is 20.7. The maximum atomic E-state index is 12.5. The fourth-order valence-electron chi connectivity index (χ4n) is 4.20. The van der Waals surface area contributed by atoms with Gasteiger partial charge in [-0.25, -0.2) is 0 Å². The molecule has 11 heteroatoms. The number of aliphatic hydroxyl groups is 1. The molecule has 0 radical (unpaired) electrons. The van der Waals surface area contributed by atoms with E-state index in [1.165, 1.54) is 6.07 Å². The Morgan fingerprint density at radius 3 is 2.62 bits per heavy atom. The van der Waals surface area contributed by atoms with E-state index < -0.39 is 18.7 Å². The van der Waals surface area contributed by atoms with Gasteiger partial charge in [0.1, 0.15) is 6.61 Å². The van der Waals surface area contributed by atoms with Crippen molar-refractivity contribution in [2.45, 2.75) is 45.5 Å². The lowest BCUT2D eigenvalue weighted by atomic mass is 10.0. The largest absolute Gasteiger partial charge is 0.488 e. The van der Waals surface area contributed by atoms with E-state index in [1.54, 1.807) is 18.2 Å². The van der Waals surface area contributed by atoms with Crippen LogP contribution in [0.5, 0.6) is 11.5 Å². The van der Waals surface area contributed by atoms with E-state index in [0.717, 1.165) is 22.2 Å². The zero-order chi connectivity index (χ0) is 27.2. The minimum atomic E-state index is -4.44. The van der Waals surface area contributed by atoms with Crippen LogP contribution < -0.4 is 20.5 Å². The highest BCUT2D eigenvalue weighted by molar-refractivity contribution is 9.10. The molecule has 0 saturated carbocycles. The number of carbonyl (C=O) groups is 1. The molecule has 0 aliphatic heterocycles. The first-order valence-electron chi connectivity index (χ1n) is 11.9. The number of aryl methyl sites for hydroxylation is 2. The molecule has 202 valence electrons. The predicted molar refractivity (Wildman–Crippen MR) is 139 cm³/mol. The van der Waals surface area contributed by atoms with Crippen molar-refractivity contribution in [3.8, 4) is 11.5 Å². The summed E-state index contributed by atoms with van der Waals surface area (Å²) in [5, 5.41) is 13.5. The molecule has 0 aliphatic rings. The molecule has 0 saturated heterocycles. The summed E-state index contributed by atoms with van der Waals surface area (Å²) in [7, 11) is 0. The topological polar surface area (TPSA) is 98.7 Å². The number of carbonyl (C=O) groups excluding carboxylic acids is 1. The van der Waals surface area contributed by atoms with Gasteiger partial charge in [0.2, 0.25) is 0 Å². The Hall–Kier alpha value is -2.76. The standard InChI is InChI=1S/C26H31BrF3N3O4/c1-16(32-6-9-36-23-14-20(27)4-5-22(23)37-15-26(28,29)30)10-18-12-19-11-17(2)33(7-3-8-34)24(19)21(13-18)25(31)35/h4-5,11-14,16,32,34H,3,6-10,15H2,1-2H3,(H2,31,35). The maximum Gasteiger partial charge on any atom is 0.422 e. The van der Waals surface area contributed by atoms with Crippen LogP contribution >= 0.6 is 15.9 Å². The number of benzene rings is 2. The SMILES string of the molecule is Cc1cc2cc(CC(C)NCCOc3cc(Br)ccc3OCC(F)(F)F)cc(C(N)=O)c2n1CCCO. The van der Waals surface area contributed by atoms with Gasteiger partial charge in [0.25, 0.3) is 5.91 Å². The molecule has 0 bridgehead atoms. The van der Waals surface area contributed by atoms with E-state index in [4.69, 9.17) is 15.2 Å². The fraction of sp³-hybridized carbons (Fsp3) is 0.423. The molecule has 3 rings (SSSR count). The lowest BCUT2D eigenvalue weighted by molar-refractivity contribution is -0.153. The predicted octanol–water partition coefficient (Wildman–Crippen LogP) is 4.73. The summed E-state index contributed by atoms with van der Waals surface area (Å²) in [6.07, 6.45) is -3.25. The highest BCUT2D eigenvalue weighted by Crippen LogP contribution is 2.32. The second kappa shape index (κ2) is 12.7. The molecule has 1 atom stereocenters. The zero-order valence-corrected chi connectivity index (χ0v) is 22.3. The molecule has 1 amide bonds. The van der Waals surface area contributed by atoms with E-state index >= 15 is 0 Å². The van der Waals surface area contributed by atoms with Crippen LogP contribution in [0.1, 0.15) is 35.0 Å². The van der Waals surface area contributed by atoms with E-state index in [2.05, 4.69) is 21.2 Å².